The van der Waals surface area contributed by atoms with Gasteiger partial charge < -0.3 is 10.2 Å². The standard InChI is InChI=1S/C25H27ClN4O2/c1-17-8-10-20(11-9-17)15-30-19(3)23(18(2)28-30)12-13-25(32)29(4)16-24(31)27-22-7-5-6-21(26)14-22/h5-14H,15-16H2,1-4H3,(H,27,31)/b13-12+. The Labute approximate surface area is 193 Å². The molecule has 0 radical (unpaired) electrons. The number of aromatic nitrogens is 2. The van der Waals surface area contributed by atoms with Gasteiger partial charge in [-0.25, -0.2) is 0 Å². The second-order valence-electron chi connectivity index (χ2n) is 7.81. The first-order chi connectivity index (χ1) is 15.2. The first kappa shape index (κ1) is 23.3. The fourth-order valence-corrected chi connectivity index (χ4v) is 3.50. The number of likely N-dealkylation sites (N-methyl/N-ethyl adjacent to an activating group) is 1. The smallest absolute Gasteiger partial charge is 0.246 e. The van der Waals surface area contributed by atoms with E-state index < -0.39 is 0 Å². The number of rotatable bonds is 7. The van der Waals surface area contributed by atoms with E-state index in [1.54, 1.807) is 37.4 Å². The minimum absolute atomic E-state index is 0.0691. The van der Waals surface area contributed by atoms with Gasteiger partial charge in [0.25, 0.3) is 0 Å². The molecule has 0 aliphatic rings. The van der Waals surface area contributed by atoms with E-state index in [4.69, 9.17) is 11.6 Å². The van der Waals surface area contributed by atoms with Gasteiger partial charge in [0.15, 0.2) is 0 Å². The van der Waals surface area contributed by atoms with E-state index in [1.807, 2.05) is 18.5 Å². The number of halogens is 1. The van der Waals surface area contributed by atoms with Crippen LogP contribution in [-0.4, -0.2) is 40.1 Å². The molecule has 0 bridgehead atoms. The number of carbonyl (C=O) groups is 2. The number of aryl methyl sites for hydroxylation is 2. The van der Waals surface area contributed by atoms with E-state index >= 15 is 0 Å². The van der Waals surface area contributed by atoms with Gasteiger partial charge >= 0.3 is 0 Å². The van der Waals surface area contributed by atoms with Crippen LogP contribution in [0.15, 0.2) is 54.6 Å². The zero-order chi connectivity index (χ0) is 23.3. The van der Waals surface area contributed by atoms with Crippen LogP contribution in [0.25, 0.3) is 6.08 Å². The molecular formula is C25H27ClN4O2. The Kier molecular flexibility index (Phi) is 7.49. The number of hydrogen-bond acceptors (Lipinski definition) is 3. The molecule has 166 valence electrons. The SMILES string of the molecule is Cc1ccc(Cn2nc(C)c(/C=C/C(=O)N(C)CC(=O)Nc3cccc(Cl)c3)c2C)cc1. The van der Waals surface area contributed by atoms with Crippen LogP contribution in [0.5, 0.6) is 0 Å². The van der Waals surface area contributed by atoms with Gasteiger partial charge in [-0.2, -0.15) is 5.10 Å². The van der Waals surface area contributed by atoms with Crippen molar-refractivity contribution in [2.24, 2.45) is 0 Å². The first-order valence-corrected chi connectivity index (χ1v) is 10.7. The van der Waals surface area contributed by atoms with Crippen LogP contribution in [0.1, 0.15) is 28.1 Å². The highest BCUT2D eigenvalue weighted by atomic mass is 35.5. The van der Waals surface area contributed by atoms with Crippen molar-refractivity contribution in [3.05, 3.63) is 87.7 Å². The fourth-order valence-electron chi connectivity index (χ4n) is 3.31. The molecule has 3 aromatic rings. The highest BCUT2D eigenvalue weighted by molar-refractivity contribution is 6.30. The van der Waals surface area contributed by atoms with Crippen molar-refractivity contribution in [1.82, 2.24) is 14.7 Å². The van der Waals surface area contributed by atoms with Crippen molar-refractivity contribution in [1.29, 1.82) is 0 Å². The maximum Gasteiger partial charge on any atom is 0.246 e. The maximum atomic E-state index is 12.5. The molecule has 0 saturated heterocycles. The summed E-state index contributed by atoms with van der Waals surface area (Å²) in [5.74, 6) is -0.564. The van der Waals surface area contributed by atoms with Crippen molar-refractivity contribution >= 4 is 35.2 Å². The summed E-state index contributed by atoms with van der Waals surface area (Å²) in [4.78, 5) is 26.1. The average Bonchev–Trinajstić information content (AvgIpc) is 3.00. The number of benzene rings is 2. The third-order valence-electron chi connectivity index (χ3n) is 5.15. The monoisotopic (exact) mass is 450 g/mol. The van der Waals surface area contributed by atoms with Crippen LogP contribution < -0.4 is 5.32 Å². The summed E-state index contributed by atoms with van der Waals surface area (Å²) < 4.78 is 1.94. The zero-order valence-electron chi connectivity index (χ0n) is 18.7. The van der Waals surface area contributed by atoms with E-state index in [-0.39, 0.29) is 18.4 Å². The minimum Gasteiger partial charge on any atom is -0.333 e. The second-order valence-corrected chi connectivity index (χ2v) is 8.25. The van der Waals surface area contributed by atoms with Gasteiger partial charge in [-0.1, -0.05) is 47.5 Å². The lowest BCUT2D eigenvalue weighted by molar-refractivity contribution is -0.129. The Morgan fingerprint density at radius 1 is 1.12 bits per heavy atom. The van der Waals surface area contributed by atoms with E-state index in [0.29, 0.717) is 17.3 Å². The predicted molar refractivity (Wildman–Crippen MR) is 129 cm³/mol. The van der Waals surface area contributed by atoms with Crippen LogP contribution in [-0.2, 0) is 16.1 Å². The Morgan fingerprint density at radius 3 is 2.53 bits per heavy atom. The van der Waals surface area contributed by atoms with Gasteiger partial charge in [-0.05, 0) is 50.6 Å². The third-order valence-corrected chi connectivity index (χ3v) is 5.38. The van der Waals surface area contributed by atoms with Crippen LogP contribution >= 0.6 is 11.6 Å². The van der Waals surface area contributed by atoms with Gasteiger partial charge in [-0.15, -0.1) is 0 Å². The van der Waals surface area contributed by atoms with E-state index in [1.165, 1.54) is 22.1 Å². The number of carbonyl (C=O) groups excluding carboxylic acids is 2. The molecule has 2 aromatic carbocycles. The lowest BCUT2D eigenvalue weighted by Crippen LogP contribution is -2.33. The Bertz CT molecular complexity index is 1150. The predicted octanol–water partition coefficient (Wildman–Crippen LogP) is 4.62. The molecule has 0 saturated carbocycles. The molecule has 32 heavy (non-hydrogen) atoms. The molecule has 3 rings (SSSR count). The Balaban J connectivity index is 1.62. The summed E-state index contributed by atoms with van der Waals surface area (Å²) in [6, 6.07) is 15.2. The summed E-state index contributed by atoms with van der Waals surface area (Å²) in [5.41, 5.74) is 5.70. The lowest BCUT2D eigenvalue weighted by atomic mass is 10.1. The summed E-state index contributed by atoms with van der Waals surface area (Å²) in [6.45, 7) is 6.56. The van der Waals surface area contributed by atoms with Gasteiger partial charge in [0.1, 0.15) is 0 Å². The van der Waals surface area contributed by atoms with Gasteiger partial charge in [-0.3, -0.25) is 14.3 Å². The largest absolute Gasteiger partial charge is 0.333 e. The Morgan fingerprint density at radius 2 is 1.84 bits per heavy atom. The van der Waals surface area contributed by atoms with E-state index in [9.17, 15) is 9.59 Å². The number of anilines is 1. The van der Waals surface area contributed by atoms with Crippen molar-refractivity contribution in [3.8, 4) is 0 Å². The van der Waals surface area contributed by atoms with Crippen molar-refractivity contribution in [3.63, 3.8) is 0 Å². The van der Waals surface area contributed by atoms with Crippen LogP contribution in [0, 0.1) is 20.8 Å². The fraction of sp³-hybridized carbons (Fsp3) is 0.240. The molecule has 0 aliphatic heterocycles. The molecule has 1 heterocycles. The maximum absolute atomic E-state index is 12.5. The van der Waals surface area contributed by atoms with Crippen LogP contribution in [0.4, 0.5) is 5.69 Å². The Hall–Kier alpha value is -3.38. The summed E-state index contributed by atoms with van der Waals surface area (Å²) in [7, 11) is 1.59. The summed E-state index contributed by atoms with van der Waals surface area (Å²) >= 11 is 5.93. The number of amides is 2. The molecule has 0 aliphatic carbocycles. The molecule has 0 atom stereocenters. The summed E-state index contributed by atoms with van der Waals surface area (Å²) in [6.07, 6.45) is 3.23. The first-order valence-electron chi connectivity index (χ1n) is 10.3. The highest BCUT2D eigenvalue weighted by Gasteiger charge is 2.13. The highest BCUT2D eigenvalue weighted by Crippen LogP contribution is 2.17. The van der Waals surface area contributed by atoms with E-state index in [2.05, 4.69) is 41.6 Å². The van der Waals surface area contributed by atoms with Gasteiger partial charge in [0.2, 0.25) is 11.8 Å². The molecule has 0 fully saturated rings. The number of nitrogens with one attached hydrogen (secondary N) is 1. The lowest BCUT2D eigenvalue weighted by Gasteiger charge is -2.15. The minimum atomic E-state index is -0.296. The molecule has 0 unspecified atom stereocenters. The van der Waals surface area contributed by atoms with Crippen molar-refractivity contribution in [2.45, 2.75) is 27.3 Å². The van der Waals surface area contributed by atoms with Gasteiger partial charge in [0.05, 0.1) is 18.8 Å². The molecule has 2 amide bonds. The molecule has 0 spiro atoms. The molecule has 7 heteroatoms. The normalized spacial score (nSPS) is 11.0. The second kappa shape index (κ2) is 10.3. The molecule has 1 aromatic heterocycles. The quantitative estimate of drug-likeness (QED) is 0.534. The van der Waals surface area contributed by atoms with Crippen molar-refractivity contribution < 1.29 is 9.59 Å². The molecular weight excluding hydrogens is 424 g/mol. The third kappa shape index (κ3) is 6.08. The molecule has 6 nitrogen and oxygen atoms in total. The van der Waals surface area contributed by atoms with Crippen LogP contribution in [0.2, 0.25) is 5.02 Å². The average molecular weight is 451 g/mol. The summed E-state index contributed by atoms with van der Waals surface area (Å²) in [5, 5.41) is 7.89. The zero-order valence-corrected chi connectivity index (χ0v) is 19.5. The number of hydrogen-bond donors (Lipinski definition) is 1. The topological polar surface area (TPSA) is 67.2 Å². The van der Waals surface area contributed by atoms with E-state index in [0.717, 1.165) is 17.0 Å². The van der Waals surface area contributed by atoms with Crippen molar-refractivity contribution in [2.75, 3.05) is 18.9 Å². The number of nitrogens with zero attached hydrogens (tertiary/aromatic N) is 3. The molecule has 1 N–H and O–H groups in total. The van der Waals surface area contributed by atoms with Gasteiger partial charge in [0, 0.05) is 35.1 Å². The van der Waals surface area contributed by atoms with Crippen LogP contribution in [0.3, 0.4) is 0 Å².